The maximum absolute atomic E-state index is 13.9. The molecule has 1 saturated carbocycles. The third-order valence-electron chi connectivity index (χ3n) is 3.27. The summed E-state index contributed by atoms with van der Waals surface area (Å²) in [6.45, 7) is -1.32. The van der Waals surface area contributed by atoms with Crippen LogP contribution in [0.25, 0.3) is 0 Å². The van der Waals surface area contributed by atoms with Gasteiger partial charge in [-0.05, 0) is 5.56 Å². The number of rotatable bonds is 3. The molecule has 0 aromatic heterocycles. The average molecular weight is 338 g/mol. The first-order valence-corrected chi connectivity index (χ1v) is 5.71. The Morgan fingerprint density at radius 2 is 1.05 bits per heavy atom. The molecule has 0 spiro atoms. The molecule has 0 bridgehead atoms. The van der Waals surface area contributed by atoms with Crippen LogP contribution in [0.2, 0.25) is 0 Å². The van der Waals surface area contributed by atoms with Crippen molar-refractivity contribution in [1.82, 2.24) is 0 Å². The van der Waals surface area contributed by atoms with Gasteiger partial charge in [0.25, 0.3) is 0 Å². The highest BCUT2D eigenvalue weighted by Gasteiger charge is 3.01. The summed E-state index contributed by atoms with van der Waals surface area (Å²) in [6, 6.07) is 6.24. The molecule has 22 heavy (non-hydrogen) atoms. The molecule has 0 atom stereocenters. The van der Waals surface area contributed by atoms with E-state index in [0.717, 1.165) is 12.1 Å². The molecule has 0 radical (unpaired) electrons. The third kappa shape index (κ3) is 1.73. The monoisotopic (exact) mass is 338 g/mol. The van der Waals surface area contributed by atoms with Crippen LogP contribution in [0.15, 0.2) is 30.3 Å². The van der Waals surface area contributed by atoms with E-state index in [1.165, 1.54) is 18.2 Å². The van der Waals surface area contributed by atoms with Crippen molar-refractivity contribution in [2.45, 2.75) is 36.2 Å². The van der Waals surface area contributed by atoms with Crippen molar-refractivity contribution in [3.63, 3.8) is 0 Å². The van der Waals surface area contributed by atoms with Crippen LogP contribution < -0.4 is 0 Å². The van der Waals surface area contributed by atoms with Crippen molar-refractivity contribution in [2.75, 3.05) is 0 Å². The van der Waals surface area contributed by atoms with Crippen LogP contribution in [-0.4, -0.2) is 29.5 Å². The highest BCUT2D eigenvalue weighted by molar-refractivity contribution is 5.24. The molecule has 1 nitrogen and oxygen atoms in total. The van der Waals surface area contributed by atoms with Gasteiger partial charge < -0.3 is 4.74 Å². The lowest BCUT2D eigenvalue weighted by Gasteiger charge is -2.30. The van der Waals surface area contributed by atoms with Crippen molar-refractivity contribution in [1.29, 1.82) is 0 Å². The lowest BCUT2D eigenvalue weighted by molar-refractivity contribution is -0.360. The Morgan fingerprint density at radius 1 is 0.636 bits per heavy atom. The summed E-state index contributed by atoms with van der Waals surface area (Å²) < 4.78 is 122. The Bertz CT molecular complexity index is 529. The smallest absolute Gasteiger partial charge is 0.331 e. The minimum Gasteiger partial charge on any atom is -0.331 e. The molecule has 1 aromatic carbocycles. The number of hydrogen-bond donors (Lipinski definition) is 0. The van der Waals surface area contributed by atoms with E-state index in [4.69, 9.17) is 0 Å². The lowest BCUT2D eigenvalue weighted by Crippen LogP contribution is -2.56. The highest BCUT2D eigenvalue weighted by atomic mass is 19.4. The minimum absolute atomic E-state index is 0.148. The van der Waals surface area contributed by atoms with Crippen molar-refractivity contribution in [3.05, 3.63) is 35.9 Å². The zero-order chi connectivity index (χ0) is 17.0. The van der Waals surface area contributed by atoms with Crippen LogP contribution in [0.3, 0.4) is 0 Å². The predicted octanol–water partition coefficient (Wildman–Crippen LogP) is 4.42. The zero-order valence-electron chi connectivity index (χ0n) is 10.4. The van der Waals surface area contributed by atoms with Crippen LogP contribution in [0.1, 0.15) is 5.56 Å². The summed E-state index contributed by atoms with van der Waals surface area (Å²) in [7, 11) is 0. The normalized spacial score (nSPS) is 26.8. The molecule has 1 aromatic rings. The quantitative estimate of drug-likeness (QED) is 0.741. The number of alkyl halides is 9. The molecule has 0 amide bonds. The predicted molar refractivity (Wildman–Crippen MR) is 54.9 cm³/mol. The summed E-state index contributed by atoms with van der Waals surface area (Å²) in [5, 5.41) is 0. The maximum atomic E-state index is 13.9. The molecule has 10 heteroatoms. The van der Waals surface area contributed by atoms with Gasteiger partial charge in [-0.25, -0.2) is 0 Å². The van der Waals surface area contributed by atoms with Crippen molar-refractivity contribution < 1.29 is 44.3 Å². The van der Waals surface area contributed by atoms with Gasteiger partial charge in [-0.15, -0.1) is 0 Å². The third-order valence-corrected chi connectivity index (χ3v) is 3.27. The van der Waals surface area contributed by atoms with E-state index in [2.05, 4.69) is 4.74 Å². The van der Waals surface area contributed by atoms with E-state index in [0.29, 0.717) is 0 Å². The highest BCUT2D eigenvalue weighted by Crippen LogP contribution is 2.69. The van der Waals surface area contributed by atoms with Gasteiger partial charge in [0.05, 0.1) is 6.61 Å². The number of ether oxygens (including phenoxy) is 1. The second-order valence-corrected chi connectivity index (χ2v) is 4.67. The zero-order valence-corrected chi connectivity index (χ0v) is 10.4. The van der Waals surface area contributed by atoms with Crippen LogP contribution >= 0.6 is 0 Å². The van der Waals surface area contributed by atoms with E-state index in [-0.39, 0.29) is 5.56 Å². The maximum Gasteiger partial charge on any atom is 0.384 e. The van der Waals surface area contributed by atoms with Crippen LogP contribution in [0, 0.1) is 0 Å². The Hall–Kier alpha value is -1.45. The average Bonchev–Trinajstić information content (AvgIpc) is 2.48. The molecule has 1 aliphatic carbocycles. The van der Waals surface area contributed by atoms with Gasteiger partial charge in [0.1, 0.15) is 0 Å². The molecule has 0 N–H and O–H groups in total. The Balaban J connectivity index is 2.43. The van der Waals surface area contributed by atoms with Gasteiger partial charge in [-0.3, -0.25) is 0 Å². The van der Waals surface area contributed by atoms with Gasteiger partial charge in [-0.1, -0.05) is 30.3 Å². The standard InChI is InChI=1S/C12H7F9O/c13-8(14)9(15,16)11(19,20)12(21,10(8,17)18)22-6-7-4-2-1-3-5-7/h1-5H,6H2. The molecule has 0 unspecified atom stereocenters. The van der Waals surface area contributed by atoms with E-state index in [9.17, 15) is 39.5 Å². The number of benzene rings is 1. The van der Waals surface area contributed by atoms with Gasteiger partial charge in [0, 0.05) is 0 Å². The molecule has 1 aliphatic rings. The van der Waals surface area contributed by atoms with E-state index in [1.54, 1.807) is 0 Å². The Kier molecular flexibility index (Phi) is 3.48. The lowest BCUT2D eigenvalue weighted by atomic mass is 10.1. The minimum atomic E-state index is -6.62. The summed E-state index contributed by atoms with van der Waals surface area (Å²) in [4.78, 5) is 0. The van der Waals surface area contributed by atoms with Crippen molar-refractivity contribution >= 4 is 0 Å². The Morgan fingerprint density at radius 3 is 1.45 bits per heavy atom. The molecular weight excluding hydrogens is 331 g/mol. The molecule has 0 saturated heterocycles. The number of halogens is 9. The molecule has 124 valence electrons. The molecule has 0 heterocycles. The van der Waals surface area contributed by atoms with E-state index in [1.807, 2.05) is 0 Å². The topological polar surface area (TPSA) is 9.23 Å². The second-order valence-electron chi connectivity index (χ2n) is 4.67. The van der Waals surface area contributed by atoms with Gasteiger partial charge in [-0.2, -0.15) is 39.5 Å². The van der Waals surface area contributed by atoms with Crippen molar-refractivity contribution in [2.24, 2.45) is 0 Å². The SMILES string of the molecule is FC1(F)C(F)(F)C(F)(F)C(F)(OCc2ccccc2)C1(F)F. The van der Waals surface area contributed by atoms with E-state index >= 15 is 0 Å². The van der Waals surface area contributed by atoms with Gasteiger partial charge >= 0.3 is 29.5 Å². The summed E-state index contributed by atoms with van der Waals surface area (Å²) in [5.41, 5.74) is -0.148. The second kappa shape index (κ2) is 4.53. The van der Waals surface area contributed by atoms with Gasteiger partial charge in [0.15, 0.2) is 0 Å². The van der Waals surface area contributed by atoms with Gasteiger partial charge in [0.2, 0.25) is 0 Å². The first kappa shape index (κ1) is 16.9. The molecule has 1 fully saturated rings. The van der Waals surface area contributed by atoms with Crippen LogP contribution in [0.5, 0.6) is 0 Å². The fourth-order valence-corrected chi connectivity index (χ4v) is 1.93. The van der Waals surface area contributed by atoms with Crippen LogP contribution in [-0.2, 0) is 11.3 Å². The fraction of sp³-hybridized carbons (Fsp3) is 0.500. The van der Waals surface area contributed by atoms with Crippen molar-refractivity contribution in [3.8, 4) is 0 Å². The van der Waals surface area contributed by atoms with E-state index < -0.39 is 36.2 Å². The fourth-order valence-electron chi connectivity index (χ4n) is 1.93. The number of hydrogen-bond acceptors (Lipinski definition) is 1. The Labute approximate surface area is 117 Å². The molecule has 0 aliphatic heterocycles. The molecular formula is C12H7F9O. The summed E-state index contributed by atoms with van der Waals surface area (Å²) >= 11 is 0. The summed E-state index contributed by atoms with van der Waals surface area (Å²) in [6.07, 6.45) is 0. The van der Waals surface area contributed by atoms with Crippen LogP contribution in [0.4, 0.5) is 39.5 Å². The summed E-state index contributed by atoms with van der Waals surface area (Å²) in [5.74, 6) is -31.9. The first-order chi connectivity index (χ1) is 9.83. The first-order valence-electron chi connectivity index (χ1n) is 5.71. The largest absolute Gasteiger partial charge is 0.384 e. The molecule has 2 rings (SSSR count).